The summed E-state index contributed by atoms with van der Waals surface area (Å²) in [6.07, 6.45) is 2.85. The van der Waals surface area contributed by atoms with Gasteiger partial charge < -0.3 is 15.4 Å². The fourth-order valence-electron chi connectivity index (χ4n) is 4.68. The van der Waals surface area contributed by atoms with Gasteiger partial charge in [0.15, 0.2) is 0 Å². The molecule has 1 atom stereocenters. The van der Waals surface area contributed by atoms with E-state index in [9.17, 15) is 4.79 Å². The molecule has 0 fully saturated rings. The van der Waals surface area contributed by atoms with E-state index in [0.29, 0.717) is 4.88 Å². The third-order valence-corrected chi connectivity index (χ3v) is 7.23. The van der Waals surface area contributed by atoms with Crippen molar-refractivity contribution in [3.63, 3.8) is 0 Å². The maximum Gasteiger partial charge on any atom is 0.265 e. The number of rotatable bonds is 3. The first-order valence-electron chi connectivity index (χ1n) is 10.5. The molecule has 0 saturated carbocycles. The van der Waals surface area contributed by atoms with Crippen molar-refractivity contribution < 1.29 is 9.53 Å². The van der Waals surface area contributed by atoms with Crippen LogP contribution < -0.4 is 15.4 Å². The summed E-state index contributed by atoms with van der Waals surface area (Å²) in [5.74, 6) is 0.732. The number of amides is 1. The molecule has 154 valence electrons. The topological polar surface area (TPSA) is 63.2 Å². The Bertz CT molecular complexity index is 1310. The Balaban J connectivity index is 1.55. The lowest BCUT2D eigenvalue weighted by Gasteiger charge is -2.27. The van der Waals surface area contributed by atoms with Crippen LogP contribution in [0.2, 0.25) is 0 Å². The first-order valence-corrected chi connectivity index (χ1v) is 11.3. The lowest BCUT2D eigenvalue weighted by molar-refractivity contribution is 0.0940. The Morgan fingerprint density at radius 1 is 1.03 bits per heavy atom. The van der Waals surface area contributed by atoms with Gasteiger partial charge in [-0.05, 0) is 53.6 Å². The van der Waals surface area contributed by atoms with Crippen LogP contribution in [-0.2, 0) is 12.8 Å². The fraction of sp³-hybridized carbons (Fsp3) is 0.200. The van der Waals surface area contributed by atoms with Crippen LogP contribution in [-0.4, -0.2) is 18.0 Å². The van der Waals surface area contributed by atoms with Gasteiger partial charge in [0.2, 0.25) is 0 Å². The predicted octanol–water partition coefficient (Wildman–Crippen LogP) is 5.31. The van der Waals surface area contributed by atoms with E-state index in [2.05, 4.69) is 34.9 Å². The first kappa shape index (κ1) is 18.4. The normalized spacial score (nSPS) is 17.1. The predicted molar refractivity (Wildman–Crippen MR) is 124 cm³/mol. The van der Waals surface area contributed by atoms with Gasteiger partial charge >= 0.3 is 0 Å². The van der Waals surface area contributed by atoms with Gasteiger partial charge in [-0.25, -0.2) is 4.98 Å². The SMILES string of the molecule is COc1ccc(C2NC(=O)c3sc4nc5c(c(-c6ccccc6)c4c3N2)CCC5)cc1. The highest BCUT2D eigenvalue weighted by atomic mass is 32.1. The van der Waals surface area contributed by atoms with E-state index >= 15 is 0 Å². The molecule has 4 aromatic rings. The first-order chi connectivity index (χ1) is 15.2. The lowest BCUT2D eigenvalue weighted by Crippen LogP contribution is -2.37. The molecule has 6 rings (SSSR count). The number of aromatic nitrogens is 1. The standard InChI is InChI=1S/C25H21N3O2S/c1-30-16-12-10-15(11-13-16)23-27-21-20-19(14-6-3-2-4-7-14)17-8-5-9-18(17)26-25(20)31-22(21)24(29)28-23/h2-4,6-7,10-13,23,27H,5,8-9H2,1H3,(H,28,29). The average Bonchev–Trinajstić information content (AvgIpc) is 3.43. The molecule has 5 nitrogen and oxygen atoms in total. The summed E-state index contributed by atoms with van der Waals surface area (Å²) < 4.78 is 5.27. The number of fused-ring (bicyclic) bond motifs is 4. The summed E-state index contributed by atoms with van der Waals surface area (Å²) in [6.45, 7) is 0. The van der Waals surface area contributed by atoms with E-state index in [1.807, 2.05) is 30.3 Å². The molecule has 3 heterocycles. The molecule has 0 bridgehead atoms. The largest absolute Gasteiger partial charge is 0.497 e. The zero-order valence-electron chi connectivity index (χ0n) is 17.1. The fourth-order valence-corrected chi connectivity index (χ4v) is 5.75. The van der Waals surface area contributed by atoms with Gasteiger partial charge in [-0.1, -0.05) is 42.5 Å². The van der Waals surface area contributed by atoms with Crippen molar-refractivity contribution in [1.82, 2.24) is 10.3 Å². The summed E-state index contributed by atoms with van der Waals surface area (Å²) in [5.41, 5.74) is 6.79. The number of hydrogen-bond acceptors (Lipinski definition) is 5. The van der Waals surface area contributed by atoms with Crippen LogP contribution in [0.4, 0.5) is 5.69 Å². The third-order valence-electron chi connectivity index (χ3n) is 6.15. The van der Waals surface area contributed by atoms with Crippen LogP contribution in [0.25, 0.3) is 21.3 Å². The van der Waals surface area contributed by atoms with E-state index in [-0.39, 0.29) is 12.1 Å². The summed E-state index contributed by atoms with van der Waals surface area (Å²) in [5, 5.41) is 7.77. The number of thiophene rings is 1. The highest BCUT2D eigenvalue weighted by Crippen LogP contribution is 2.47. The van der Waals surface area contributed by atoms with Crippen LogP contribution in [0, 0.1) is 0 Å². The summed E-state index contributed by atoms with van der Waals surface area (Å²) in [6, 6.07) is 18.3. The maximum atomic E-state index is 13.1. The second-order valence-corrected chi connectivity index (χ2v) is 8.94. The van der Waals surface area contributed by atoms with Crippen LogP contribution in [0.15, 0.2) is 54.6 Å². The molecule has 31 heavy (non-hydrogen) atoms. The van der Waals surface area contributed by atoms with E-state index in [4.69, 9.17) is 9.72 Å². The minimum absolute atomic E-state index is 0.0586. The van der Waals surface area contributed by atoms with Crippen molar-refractivity contribution >= 4 is 33.1 Å². The number of hydrogen-bond donors (Lipinski definition) is 2. The summed E-state index contributed by atoms with van der Waals surface area (Å²) >= 11 is 1.48. The van der Waals surface area contributed by atoms with Crippen molar-refractivity contribution in [3.8, 4) is 16.9 Å². The zero-order chi connectivity index (χ0) is 20.9. The summed E-state index contributed by atoms with van der Waals surface area (Å²) in [7, 11) is 1.65. The van der Waals surface area contributed by atoms with E-state index < -0.39 is 0 Å². The Labute approximate surface area is 184 Å². The quantitative estimate of drug-likeness (QED) is 0.465. The molecular weight excluding hydrogens is 406 g/mol. The third kappa shape index (κ3) is 2.90. The zero-order valence-corrected chi connectivity index (χ0v) is 17.9. The molecule has 1 amide bonds. The van der Waals surface area contributed by atoms with Gasteiger partial charge in [0, 0.05) is 11.1 Å². The summed E-state index contributed by atoms with van der Waals surface area (Å²) in [4.78, 5) is 19.7. The maximum absolute atomic E-state index is 13.1. The molecule has 2 aromatic heterocycles. The van der Waals surface area contributed by atoms with Gasteiger partial charge in [0.05, 0.1) is 12.8 Å². The molecule has 0 saturated heterocycles. The minimum Gasteiger partial charge on any atom is -0.497 e. The van der Waals surface area contributed by atoms with Crippen LogP contribution in [0.3, 0.4) is 0 Å². The second kappa shape index (κ2) is 7.10. The average molecular weight is 428 g/mol. The van der Waals surface area contributed by atoms with Gasteiger partial charge in [0.25, 0.3) is 5.91 Å². The van der Waals surface area contributed by atoms with Gasteiger partial charge in [0.1, 0.15) is 21.6 Å². The molecule has 6 heteroatoms. The monoisotopic (exact) mass is 427 g/mol. The molecule has 2 aliphatic rings. The smallest absolute Gasteiger partial charge is 0.265 e. The van der Waals surface area contributed by atoms with E-state index in [1.54, 1.807) is 7.11 Å². The molecule has 1 unspecified atom stereocenters. The number of nitrogens with one attached hydrogen (secondary N) is 2. The second-order valence-electron chi connectivity index (χ2n) is 7.94. The molecule has 0 radical (unpaired) electrons. The Hall–Kier alpha value is -3.38. The van der Waals surface area contributed by atoms with Gasteiger partial charge in [-0.15, -0.1) is 11.3 Å². The van der Waals surface area contributed by atoms with Crippen molar-refractivity contribution in [1.29, 1.82) is 0 Å². The molecular formula is C25H21N3O2S. The number of aryl methyl sites for hydroxylation is 1. The van der Waals surface area contributed by atoms with Crippen LogP contribution >= 0.6 is 11.3 Å². The van der Waals surface area contributed by atoms with E-state index in [1.165, 1.54) is 33.7 Å². The molecule has 0 spiro atoms. The molecule has 1 aliphatic carbocycles. The van der Waals surface area contributed by atoms with Crippen LogP contribution in [0.1, 0.15) is 39.1 Å². The van der Waals surface area contributed by atoms with Crippen molar-refractivity contribution in [2.75, 3.05) is 12.4 Å². The Morgan fingerprint density at radius 3 is 2.61 bits per heavy atom. The van der Waals surface area contributed by atoms with Crippen LogP contribution in [0.5, 0.6) is 5.75 Å². The van der Waals surface area contributed by atoms with Crippen molar-refractivity contribution in [2.24, 2.45) is 0 Å². The highest BCUT2D eigenvalue weighted by Gasteiger charge is 2.32. The Kier molecular flexibility index (Phi) is 4.21. The number of ether oxygens (including phenoxy) is 1. The van der Waals surface area contributed by atoms with Crippen molar-refractivity contribution in [2.45, 2.75) is 25.4 Å². The minimum atomic E-state index is -0.305. The lowest BCUT2D eigenvalue weighted by atomic mass is 9.95. The molecule has 1 aliphatic heterocycles. The number of nitrogens with zero attached hydrogens (tertiary/aromatic N) is 1. The Morgan fingerprint density at radius 2 is 1.84 bits per heavy atom. The number of carbonyl (C=O) groups is 1. The van der Waals surface area contributed by atoms with E-state index in [0.717, 1.165) is 46.5 Å². The van der Waals surface area contributed by atoms with Gasteiger partial charge in [-0.2, -0.15) is 0 Å². The number of anilines is 1. The van der Waals surface area contributed by atoms with Gasteiger partial charge in [-0.3, -0.25) is 4.79 Å². The number of pyridine rings is 1. The molecule has 2 N–H and O–H groups in total. The number of benzene rings is 2. The highest BCUT2D eigenvalue weighted by molar-refractivity contribution is 7.21. The number of carbonyl (C=O) groups excluding carboxylic acids is 1. The number of methoxy groups -OCH3 is 1. The van der Waals surface area contributed by atoms with Crippen molar-refractivity contribution in [3.05, 3.63) is 76.3 Å². The molecule has 2 aromatic carbocycles.